The maximum Gasteiger partial charge on any atom is 0.270 e. The molecule has 0 aromatic carbocycles. The predicted molar refractivity (Wildman–Crippen MR) is 69.9 cm³/mol. The number of hydrazine groups is 1. The van der Waals surface area contributed by atoms with Gasteiger partial charge in [-0.1, -0.05) is 6.07 Å². The lowest BCUT2D eigenvalue weighted by atomic mass is 10.1. The van der Waals surface area contributed by atoms with Crippen LogP contribution in [0.3, 0.4) is 0 Å². The Hall–Kier alpha value is -1.27. The van der Waals surface area contributed by atoms with Crippen molar-refractivity contribution in [1.29, 1.82) is 0 Å². The molecule has 0 spiro atoms. The minimum atomic E-state index is -0.126. The highest BCUT2D eigenvalue weighted by atomic mass is 32.2. The lowest BCUT2D eigenvalue weighted by Crippen LogP contribution is -2.37. The largest absolute Gasteiger partial charge is 0.348 e. The van der Waals surface area contributed by atoms with Crippen molar-refractivity contribution in [3.05, 3.63) is 23.9 Å². The van der Waals surface area contributed by atoms with Crippen LogP contribution >= 0.6 is 11.8 Å². The second kappa shape index (κ2) is 5.88. The van der Waals surface area contributed by atoms with Crippen molar-refractivity contribution in [3.8, 4) is 0 Å². The van der Waals surface area contributed by atoms with E-state index in [9.17, 15) is 4.79 Å². The van der Waals surface area contributed by atoms with E-state index in [-0.39, 0.29) is 11.9 Å². The summed E-state index contributed by atoms with van der Waals surface area (Å²) in [7, 11) is 0. The topological polar surface area (TPSA) is 80.0 Å². The first-order valence-electron chi connectivity index (χ1n) is 5.62. The lowest BCUT2D eigenvalue weighted by Gasteiger charge is -2.22. The molecule has 2 rings (SSSR count). The monoisotopic (exact) mass is 252 g/mol. The minimum absolute atomic E-state index is 0.126. The Kier molecular flexibility index (Phi) is 4.22. The van der Waals surface area contributed by atoms with Gasteiger partial charge >= 0.3 is 0 Å². The summed E-state index contributed by atoms with van der Waals surface area (Å²) in [6, 6.07) is 5.44. The molecule has 0 radical (unpaired) electrons. The lowest BCUT2D eigenvalue weighted by molar-refractivity contribution is 0.0930. The maximum atomic E-state index is 11.9. The number of thioether (sulfide) groups is 1. The van der Waals surface area contributed by atoms with Crippen LogP contribution in [0.15, 0.2) is 18.2 Å². The molecule has 1 fully saturated rings. The number of anilines is 1. The van der Waals surface area contributed by atoms with Gasteiger partial charge in [-0.05, 0) is 36.5 Å². The summed E-state index contributed by atoms with van der Waals surface area (Å²) in [5.74, 6) is 7.86. The van der Waals surface area contributed by atoms with Gasteiger partial charge in [-0.15, -0.1) is 0 Å². The molecule has 0 aliphatic carbocycles. The second-order valence-corrected chi connectivity index (χ2v) is 5.14. The Labute approximate surface area is 105 Å². The summed E-state index contributed by atoms with van der Waals surface area (Å²) in [6.45, 7) is 0. The number of aromatic nitrogens is 1. The average Bonchev–Trinajstić information content (AvgIpc) is 2.40. The number of carbonyl (C=O) groups excluding carboxylic acids is 1. The van der Waals surface area contributed by atoms with Crippen molar-refractivity contribution in [2.75, 3.05) is 16.9 Å². The molecular weight excluding hydrogens is 236 g/mol. The van der Waals surface area contributed by atoms with Gasteiger partial charge in [0.15, 0.2) is 0 Å². The quantitative estimate of drug-likeness (QED) is 0.552. The normalized spacial score (nSPS) is 16.5. The number of carbonyl (C=O) groups is 1. The first-order chi connectivity index (χ1) is 8.29. The zero-order chi connectivity index (χ0) is 12.1. The van der Waals surface area contributed by atoms with E-state index in [0.29, 0.717) is 11.5 Å². The molecule has 92 valence electrons. The van der Waals surface area contributed by atoms with E-state index >= 15 is 0 Å². The Morgan fingerprint density at radius 2 is 2.18 bits per heavy atom. The Balaban J connectivity index is 1.98. The molecule has 1 aromatic heterocycles. The van der Waals surface area contributed by atoms with Gasteiger partial charge in [0, 0.05) is 6.04 Å². The molecule has 0 saturated carbocycles. The molecule has 0 atom stereocenters. The number of hydrogen-bond donors (Lipinski definition) is 3. The first kappa shape index (κ1) is 12.2. The van der Waals surface area contributed by atoms with E-state index in [2.05, 4.69) is 15.7 Å². The number of hydrogen-bond acceptors (Lipinski definition) is 5. The fourth-order valence-corrected chi connectivity index (χ4v) is 2.85. The van der Waals surface area contributed by atoms with Crippen LogP contribution in [0.5, 0.6) is 0 Å². The smallest absolute Gasteiger partial charge is 0.270 e. The third-order valence-corrected chi connectivity index (χ3v) is 3.73. The minimum Gasteiger partial charge on any atom is -0.348 e. The number of amides is 1. The molecule has 1 aliphatic heterocycles. The number of pyridine rings is 1. The molecule has 0 unspecified atom stereocenters. The van der Waals surface area contributed by atoms with Crippen LogP contribution in [0, 0.1) is 0 Å². The molecular formula is C11H16N4OS. The third kappa shape index (κ3) is 3.34. The van der Waals surface area contributed by atoms with Gasteiger partial charge in [-0.25, -0.2) is 10.8 Å². The van der Waals surface area contributed by atoms with E-state index in [4.69, 9.17) is 5.84 Å². The van der Waals surface area contributed by atoms with Crippen LogP contribution in [0.1, 0.15) is 23.3 Å². The molecule has 1 saturated heterocycles. The zero-order valence-electron chi connectivity index (χ0n) is 9.48. The van der Waals surface area contributed by atoms with Crippen LogP contribution in [-0.4, -0.2) is 28.4 Å². The van der Waals surface area contributed by atoms with E-state index < -0.39 is 0 Å². The fourth-order valence-electron chi connectivity index (χ4n) is 1.74. The summed E-state index contributed by atoms with van der Waals surface area (Å²) in [5, 5.41) is 3.00. The van der Waals surface area contributed by atoms with Crippen LogP contribution in [0.2, 0.25) is 0 Å². The second-order valence-electron chi connectivity index (χ2n) is 3.91. The van der Waals surface area contributed by atoms with Crippen molar-refractivity contribution in [2.24, 2.45) is 5.84 Å². The van der Waals surface area contributed by atoms with Crippen molar-refractivity contribution < 1.29 is 4.79 Å². The number of nitrogens with one attached hydrogen (secondary N) is 2. The molecule has 0 bridgehead atoms. The van der Waals surface area contributed by atoms with Crippen molar-refractivity contribution >= 4 is 23.5 Å². The summed E-state index contributed by atoms with van der Waals surface area (Å²) in [4.78, 5) is 16.0. The number of nitrogens with zero attached hydrogens (tertiary/aromatic N) is 1. The molecule has 1 aliphatic rings. The molecule has 1 aromatic rings. The summed E-state index contributed by atoms with van der Waals surface area (Å²) < 4.78 is 0. The summed E-state index contributed by atoms with van der Waals surface area (Å²) in [5.41, 5.74) is 2.83. The SMILES string of the molecule is NNc1cccc(C(=O)NC2CCSCC2)n1. The standard InChI is InChI=1S/C11H16N4OS/c12-15-10-3-1-2-9(14-10)11(16)13-8-4-6-17-7-5-8/h1-3,8H,4-7,12H2,(H,13,16)(H,14,15). The third-order valence-electron chi connectivity index (χ3n) is 2.69. The number of rotatable bonds is 3. The van der Waals surface area contributed by atoms with E-state index in [1.165, 1.54) is 0 Å². The molecule has 5 nitrogen and oxygen atoms in total. The molecule has 2 heterocycles. The van der Waals surface area contributed by atoms with Gasteiger partial charge in [0.1, 0.15) is 11.5 Å². The Morgan fingerprint density at radius 1 is 1.41 bits per heavy atom. The van der Waals surface area contributed by atoms with Crippen molar-refractivity contribution in [3.63, 3.8) is 0 Å². The number of nitrogen functional groups attached to an aromatic ring is 1. The van der Waals surface area contributed by atoms with Gasteiger partial charge < -0.3 is 10.7 Å². The van der Waals surface area contributed by atoms with Crippen LogP contribution in [0.25, 0.3) is 0 Å². The first-order valence-corrected chi connectivity index (χ1v) is 6.77. The highest BCUT2D eigenvalue weighted by Crippen LogP contribution is 2.17. The van der Waals surface area contributed by atoms with Crippen molar-refractivity contribution in [1.82, 2.24) is 10.3 Å². The fraction of sp³-hybridized carbons (Fsp3) is 0.455. The van der Waals surface area contributed by atoms with E-state index in [1.54, 1.807) is 18.2 Å². The van der Waals surface area contributed by atoms with Gasteiger partial charge in [-0.2, -0.15) is 11.8 Å². The highest BCUT2D eigenvalue weighted by molar-refractivity contribution is 7.99. The summed E-state index contributed by atoms with van der Waals surface area (Å²) in [6.07, 6.45) is 2.07. The van der Waals surface area contributed by atoms with Gasteiger partial charge in [0.05, 0.1) is 0 Å². The van der Waals surface area contributed by atoms with E-state index in [0.717, 1.165) is 24.3 Å². The van der Waals surface area contributed by atoms with Crippen LogP contribution in [-0.2, 0) is 0 Å². The maximum absolute atomic E-state index is 11.9. The Morgan fingerprint density at radius 3 is 2.88 bits per heavy atom. The van der Waals surface area contributed by atoms with Gasteiger partial charge in [-0.3, -0.25) is 4.79 Å². The zero-order valence-corrected chi connectivity index (χ0v) is 10.3. The predicted octanol–water partition coefficient (Wildman–Crippen LogP) is 0.993. The van der Waals surface area contributed by atoms with Gasteiger partial charge in [0.2, 0.25) is 0 Å². The molecule has 4 N–H and O–H groups in total. The molecule has 6 heteroatoms. The highest BCUT2D eigenvalue weighted by Gasteiger charge is 2.17. The van der Waals surface area contributed by atoms with Gasteiger partial charge in [0.25, 0.3) is 5.91 Å². The number of nitrogens with two attached hydrogens (primary N) is 1. The Bertz CT molecular complexity index is 393. The molecule has 1 amide bonds. The molecule has 17 heavy (non-hydrogen) atoms. The van der Waals surface area contributed by atoms with Crippen LogP contribution in [0.4, 0.5) is 5.82 Å². The summed E-state index contributed by atoms with van der Waals surface area (Å²) >= 11 is 1.93. The van der Waals surface area contributed by atoms with Crippen molar-refractivity contribution in [2.45, 2.75) is 18.9 Å². The average molecular weight is 252 g/mol. The van der Waals surface area contributed by atoms with E-state index in [1.807, 2.05) is 11.8 Å². The van der Waals surface area contributed by atoms with Crippen LogP contribution < -0.4 is 16.6 Å².